The third-order valence-corrected chi connectivity index (χ3v) is 2.34. The van der Waals surface area contributed by atoms with Gasteiger partial charge in [0.1, 0.15) is 0 Å². The molecule has 0 aliphatic rings. The third kappa shape index (κ3) is 8.53. The quantitative estimate of drug-likeness (QED) is 0.408. The zero-order chi connectivity index (χ0) is 7.11. The summed E-state index contributed by atoms with van der Waals surface area (Å²) in [7, 11) is 0. The monoisotopic (exact) mass is 142 g/mol. The molecule has 0 aliphatic carbocycles. The van der Waals surface area contributed by atoms with Crippen LogP contribution < -0.4 is 0 Å². The van der Waals surface area contributed by atoms with Gasteiger partial charge in [-0.25, -0.2) is 0 Å². The van der Waals surface area contributed by atoms with Crippen LogP contribution in [0.25, 0.3) is 0 Å². The molecule has 0 saturated heterocycles. The molecule has 0 rings (SSSR count). The Labute approximate surface area is 67.5 Å². The fraction of sp³-hybridized carbons (Fsp3) is 1.00. The summed E-state index contributed by atoms with van der Waals surface area (Å²) in [4.78, 5) is 0. The van der Waals surface area contributed by atoms with Gasteiger partial charge < -0.3 is 0 Å². The van der Waals surface area contributed by atoms with E-state index >= 15 is 0 Å². The highest BCUT2D eigenvalue weighted by molar-refractivity contribution is 6.08. The summed E-state index contributed by atoms with van der Waals surface area (Å²) in [6, 6.07) is 0. The lowest BCUT2D eigenvalue weighted by Crippen LogP contribution is -1.86. The fourth-order valence-electron chi connectivity index (χ4n) is 0.979. The summed E-state index contributed by atoms with van der Waals surface area (Å²) in [5.74, 6) is 0.916. The second-order valence-corrected chi connectivity index (χ2v) is 4.24. The topological polar surface area (TPSA) is 0 Å². The first kappa shape index (κ1) is 9.53. The van der Waals surface area contributed by atoms with Crippen molar-refractivity contribution in [1.29, 1.82) is 0 Å². The molecule has 0 fully saturated rings. The van der Waals surface area contributed by atoms with Gasteiger partial charge in [0.25, 0.3) is 0 Å². The first-order valence-corrected chi connectivity index (χ1v) is 5.68. The Morgan fingerprint density at radius 1 is 1.11 bits per heavy atom. The van der Waals surface area contributed by atoms with Crippen LogP contribution >= 0.6 is 0 Å². The van der Waals surface area contributed by atoms with Gasteiger partial charge in [-0.2, -0.15) is 0 Å². The summed E-state index contributed by atoms with van der Waals surface area (Å²) in [5, 5.41) is 1.50. The lowest BCUT2D eigenvalue weighted by molar-refractivity contribution is 0.534. The van der Waals surface area contributed by atoms with E-state index in [4.69, 9.17) is 0 Å². The van der Waals surface area contributed by atoms with Crippen LogP contribution in [0, 0.1) is 5.92 Å². The maximum Gasteiger partial charge on any atom is 0.211 e. The Morgan fingerprint density at radius 2 is 1.78 bits per heavy atom. The van der Waals surface area contributed by atoms with Crippen LogP contribution in [0.4, 0.5) is 0 Å². The normalized spacial score (nSPS) is 10.6. The highest BCUT2D eigenvalue weighted by atomic mass is 27.0. The van der Waals surface area contributed by atoms with Crippen LogP contribution in [0.3, 0.4) is 0 Å². The maximum atomic E-state index is 2.31. The van der Waals surface area contributed by atoms with E-state index in [0.717, 1.165) is 5.92 Å². The van der Waals surface area contributed by atoms with Crippen LogP contribution in [-0.2, 0) is 0 Å². The predicted octanol–water partition coefficient (Wildman–Crippen LogP) is 2.25. The van der Waals surface area contributed by atoms with Crippen molar-refractivity contribution >= 4 is 16.3 Å². The van der Waals surface area contributed by atoms with E-state index < -0.39 is 0 Å². The first-order valence-electron chi connectivity index (χ1n) is 4.27. The van der Waals surface area contributed by atoms with Crippen LogP contribution in [0.1, 0.15) is 39.5 Å². The number of unbranched alkanes of at least 4 members (excludes halogenated alkanes) is 2. The zero-order valence-corrected chi connectivity index (χ0v) is 9.11. The van der Waals surface area contributed by atoms with Crippen LogP contribution in [-0.4, -0.2) is 16.3 Å². The summed E-state index contributed by atoms with van der Waals surface area (Å²) >= 11 is 1.40. The van der Waals surface area contributed by atoms with Crippen LogP contribution in [0.5, 0.6) is 0 Å². The van der Waals surface area contributed by atoms with Crippen molar-refractivity contribution in [1.82, 2.24) is 0 Å². The molecule has 1 heteroatoms. The average molecular weight is 142 g/mol. The lowest BCUT2D eigenvalue weighted by atomic mass is 10.1. The zero-order valence-electron chi connectivity index (χ0n) is 7.11. The molecule has 0 N–H and O–H groups in total. The summed E-state index contributed by atoms with van der Waals surface area (Å²) in [6.07, 6.45) is 5.85. The molecule has 0 amide bonds. The molecule has 0 radical (unpaired) electrons. The number of hydrogen-bond acceptors (Lipinski definition) is 0. The molecule has 0 unspecified atom stereocenters. The van der Waals surface area contributed by atoms with Crippen molar-refractivity contribution in [3.8, 4) is 0 Å². The minimum Gasteiger partial charge on any atom is -0.101 e. The van der Waals surface area contributed by atoms with Gasteiger partial charge in [0.05, 0.1) is 0 Å². The van der Waals surface area contributed by atoms with Crippen molar-refractivity contribution in [2.24, 2.45) is 5.92 Å². The second kappa shape index (κ2) is 6.65. The molecule has 0 aromatic rings. The van der Waals surface area contributed by atoms with Gasteiger partial charge in [-0.15, -0.1) is 5.28 Å². The largest absolute Gasteiger partial charge is 0.211 e. The molecule has 9 heavy (non-hydrogen) atoms. The highest BCUT2D eigenvalue weighted by Gasteiger charge is 1.91. The van der Waals surface area contributed by atoms with Crippen molar-refractivity contribution in [3.05, 3.63) is 0 Å². The Hall–Kier alpha value is 0.532. The van der Waals surface area contributed by atoms with Gasteiger partial charge in [0.15, 0.2) is 0 Å². The SMILES string of the molecule is CC(C)CCCC[CH2][AlH2]. The molecule has 0 nitrogen and oxygen atoms in total. The van der Waals surface area contributed by atoms with Crippen molar-refractivity contribution in [2.45, 2.75) is 44.8 Å². The minimum atomic E-state index is 0.916. The van der Waals surface area contributed by atoms with Crippen molar-refractivity contribution < 1.29 is 0 Å². The van der Waals surface area contributed by atoms with E-state index in [-0.39, 0.29) is 0 Å². The van der Waals surface area contributed by atoms with Gasteiger partial charge in [-0.1, -0.05) is 39.5 Å². The van der Waals surface area contributed by atoms with Gasteiger partial charge in [-0.05, 0) is 5.92 Å². The number of hydrogen-bond donors (Lipinski definition) is 0. The van der Waals surface area contributed by atoms with E-state index in [1.54, 1.807) is 0 Å². The minimum absolute atomic E-state index is 0.916. The Morgan fingerprint density at radius 3 is 2.22 bits per heavy atom. The van der Waals surface area contributed by atoms with Gasteiger partial charge >= 0.3 is 0 Å². The molecule has 0 bridgehead atoms. The smallest absolute Gasteiger partial charge is 0.101 e. The van der Waals surface area contributed by atoms with Gasteiger partial charge in [-0.3, -0.25) is 0 Å². The predicted molar refractivity (Wildman–Crippen MR) is 46.7 cm³/mol. The fourth-order valence-corrected chi connectivity index (χ4v) is 1.48. The molecule has 0 spiro atoms. The molecule has 0 saturated carbocycles. The van der Waals surface area contributed by atoms with Crippen molar-refractivity contribution in [3.63, 3.8) is 0 Å². The average Bonchev–Trinajstić information content (AvgIpc) is 1.80. The van der Waals surface area contributed by atoms with Crippen LogP contribution in [0.2, 0.25) is 5.28 Å². The van der Waals surface area contributed by atoms with Crippen molar-refractivity contribution in [2.75, 3.05) is 0 Å². The van der Waals surface area contributed by atoms with Gasteiger partial charge in [0, 0.05) is 0 Å². The summed E-state index contributed by atoms with van der Waals surface area (Å²) < 4.78 is 0. The van der Waals surface area contributed by atoms with E-state index in [9.17, 15) is 0 Å². The second-order valence-electron chi connectivity index (χ2n) is 3.24. The van der Waals surface area contributed by atoms with Gasteiger partial charge in [0.2, 0.25) is 16.3 Å². The molecular formula is C8H19Al. The number of rotatable bonds is 5. The standard InChI is InChI=1S/C8H17.Al.2H/c1-4-5-6-7-8(2)3;;;/h8H,1,4-7H2,2-3H3;;;. The van der Waals surface area contributed by atoms with Crippen LogP contribution in [0.15, 0.2) is 0 Å². The van der Waals surface area contributed by atoms with E-state index in [0.29, 0.717) is 0 Å². The van der Waals surface area contributed by atoms with E-state index in [1.165, 1.54) is 47.3 Å². The van der Waals surface area contributed by atoms with E-state index in [1.807, 2.05) is 0 Å². The Balaban J connectivity index is 2.75. The summed E-state index contributed by atoms with van der Waals surface area (Å²) in [6.45, 7) is 4.61. The molecule has 0 aliphatic heterocycles. The highest BCUT2D eigenvalue weighted by Crippen LogP contribution is 2.08. The maximum absolute atomic E-state index is 2.31. The lowest BCUT2D eigenvalue weighted by Gasteiger charge is -2.01. The molecule has 0 aromatic carbocycles. The molecule has 0 aromatic heterocycles. The molecule has 0 atom stereocenters. The Bertz CT molecular complexity index is 50.5. The molecule has 54 valence electrons. The molecule has 0 heterocycles. The Kier molecular flexibility index (Phi) is 7.04. The molecular weight excluding hydrogens is 123 g/mol. The summed E-state index contributed by atoms with van der Waals surface area (Å²) in [5.41, 5.74) is 0. The first-order chi connectivity index (χ1) is 4.27. The van der Waals surface area contributed by atoms with E-state index in [2.05, 4.69) is 13.8 Å². The third-order valence-electron chi connectivity index (χ3n) is 1.64.